The monoisotopic (exact) mass is 293 g/mol. The van der Waals surface area contributed by atoms with Gasteiger partial charge in [0.1, 0.15) is 11.4 Å². The Morgan fingerprint density at radius 3 is 2.67 bits per heavy atom. The maximum atomic E-state index is 13.2. The number of benzene rings is 1. The lowest BCUT2D eigenvalue weighted by molar-refractivity contribution is -0.147. The van der Waals surface area contributed by atoms with Crippen LogP contribution in [0.5, 0.6) is 0 Å². The number of nitrogens with two attached hydrogens (primary N) is 1. The summed E-state index contributed by atoms with van der Waals surface area (Å²) in [7, 11) is 0. The minimum atomic E-state index is -1.54. The Kier molecular flexibility index (Phi) is 3.02. The van der Waals surface area contributed by atoms with E-state index in [9.17, 15) is 19.1 Å². The van der Waals surface area contributed by atoms with Gasteiger partial charge in [0, 0.05) is 5.92 Å². The fourth-order valence-corrected chi connectivity index (χ4v) is 3.97. The molecule has 5 unspecified atom stereocenters. The number of carbonyl (C=O) groups is 2. The van der Waals surface area contributed by atoms with Gasteiger partial charge in [-0.2, -0.15) is 0 Å². The fourth-order valence-electron chi connectivity index (χ4n) is 3.97. The molecule has 0 radical (unpaired) electrons. The Hall–Kier alpha value is -1.95. The number of carboxylic acid groups (broad SMARTS) is 2. The van der Waals surface area contributed by atoms with E-state index in [1.165, 1.54) is 12.1 Å². The van der Waals surface area contributed by atoms with Crippen molar-refractivity contribution in [2.45, 2.75) is 18.4 Å². The molecule has 1 aromatic carbocycles. The normalized spacial score (nSPS) is 37.0. The molecule has 0 saturated heterocycles. The largest absolute Gasteiger partial charge is 0.481 e. The van der Waals surface area contributed by atoms with Gasteiger partial charge in [-0.3, -0.25) is 9.59 Å². The summed E-state index contributed by atoms with van der Waals surface area (Å²) in [5.41, 5.74) is 5.23. The van der Waals surface area contributed by atoms with Crippen LogP contribution in [0, 0.1) is 29.5 Å². The zero-order chi connectivity index (χ0) is 15.4. The zero-order valence-corrected chi connectivity index (χ0v) is 11.2. The fraction of sp³-hybridized carbons (Fsp3) is 0.467. The van der Waals surface area contributed by atoms with Gasteiger partial charge in [-0.05, 0) is 42.4 Å². The molecule has 3 rings (SSSR count). The summed E-state index contributed by atoms with van der Waals surface area (Å²) in [6.07, 6.45) is 0.806. The van der Waals surface area contributed by atoms with Crippen molar-refractivity contribution in [2.75, 3.05) is 0 Å². The highest BCUT2D eigenvalue weighted by molar-refractivity contribution is 5.85. The first kappa shape index (κ1) is 14.0. The molecule has 112 valence electrons. The average Bonchev–Trinajstić information content (AvgIpc) is 3.04. The van der Waals surface area contributed by atoms with E-state index in [2.05, 4.69) is 0 Å². The molecule has 6 heteroatoms. The summed E-state index contributed by atoms with van der Waals surface area (Å²) in [5.74, 6) is -4.26. The first-order valence-electron chi connectivity index (χ1n) is 6.85. The number of aliphatic carboxylic acids is 2. The van der Waals surface area contributed by atoms with E-state index in [1.807, 2.05) is 0 Å². The molecule has 2 fully saturated rings. The Balaban J connectivity index is 1.84. The third-order valence-electron chi connectivity index (χ3n) is 4.98. The molecule has 21 heavy (non-hydrogen) atoms. The van der Waals surface area contributed by atoms with E-state index < -0.39 is 29.3 Å². The van der Waals surface area contributed by atoms with E-state index in [0.29, 0.717) is 18.4 Å². The maximum absolute atomic E-state index is 13.2. The third-order valence-corrected chi connectivity index (χ3v) is 4.98. The lowest BCUT2D eigenvalue weighted by Crippen LogP contribution is -2.55. The molecule has 2 saturated carbocycles. The molecule has 0 aromatic heterocycles. The quantitative estimate of drug-likeness (QED) is 0.772. The average molecular weight is 293 g/mol. The highest BCUT2D eigenvalue weighted by atomic mass is 19.1. The molecule has 5 atom stereocenters. The van der Waals surface area contributed by atoms with Gasteiger partial charge < -0.3 is 15.9 Å². The Labute approximate surface area is 120 Å². The molecule has 5 nitrogen and oxygen atoms in total. The Morgan fingerprint density at radius 1 is 1.38 bits per heavy atom. The highest BCUT2D eigenvalue weighted by Crippen LogP contribution is 2.64. The van der Waals surface area contributed by atoms with Crippen LogP contribution >= 0.6 is 0 Å². The molecule has 0 spiro atoms. The van der Waals surface area contributed by atoms with Crippen LogP contribution in [0.3, 0.4) is 0 Å². The van der Waals surface area contributed by atoms with Gasteiger partial charge >= 0.3 is 11.9 Å². The Morgan fingerprint density at radius 2 is 2.10 bits per heavy atom. The molecule has 1 aromatic rings. The van der Waals surface area contributed by atoms with Crippen molar-refractivity contribution >= 4 is 11.9 Å². The number of carboxylic acids is 2. The first-order valence-corrected chi connectivity index (χ1v) is 6.85. The van der Waals surface area contributed by atoms with Crippen LogP contribution in [-0.2, 0) is 16.0 Å². The molecule has 0 heterocycles. The van der Waals surface area contributed by atoms with Crippen LogP contribution in [0.25, 0.3) is 0 Å². The summed E-state index contributed by atoms with van der Waals surface area (Å²) in [5, 5.41) is 18.6. The summed E-state index contributed by atoms with van der Waals surface area (Å²) in [4.78, 5) is 22.7. The van der Waals surface area contributed by atoms with Crippen molar-refractivity contribution in [2.24, 2.45) is 29.4 Å². The molecule has 4 N–H and O–H groups in total. The predicted molar refractivity (Wildman–Crippen MR) is 70.9 cm³/mol. The topological polar surface area (TPSA) is 101 Å². The second kappa shape index (κ2) is 4.53. The smallest absolute Gasteiger partial charge is 0.324 e. The van der Waals surface area contributed by atoms with Gasteiger partial charge in [-0.25, -0.2) is 4.39 Å². The van der Waals surface area contributed by atoms with Gasteiger partial charge in [-0.1, -0.05) is 12.1 Å². The van der Waals surface area contributed by atoms with Crippen LogP contribution in [0.4, 0.5) is 4.39 Å². The van der Waals surface area contributed by atoms with Crippen LogP contribution in [0.15, 0.2) is 24.3 Å². The van der Waals surface area contributed by atoms with Crippen molar-refractivity contribution in [3.05, 3.63) is 35.6 Å². The molecular formula is C15H16FNO4. The Bertz CT molecular complexity index is 619. The minimum Gasteiger partial charge on any atom is -0.481 e. The SMILES string of the molecule is NC1(C(=O)O)C(Cc2cccc(F)c2)CC2C(C(=O)O)C21. The second-order valence-electron chi connectivity index (χ2n) is 6.06. The second-order valence-corrected chi connectivity index (χ2v) is 6.06. The first-order chi connectivity index (χ1) is 9.85. The van der Waals surface area contributed by atoms with Gasteiger partial charge in [0.05, 0.1) is 5.92 Å². The maximum Gasteiger partial charge on any atom is 0.324 e. The molecule has 0 amide bonds. The van der Waals surface area contributed by atoms with Crippen molar-refractivity contribution < 1.29 is 24.2 Å². The van der Waals surface area contributed by atoms with E-state index in [4.69, 9.17) is 10.8 Å². The molecule has 0 bridgehead atoms. The molecule has 2 aliphatic carbocycles. The van der Waals surface area contributed by atoms with Gasteiger partial charge in [0.2, 0.25) is 0 Å². The van der Waals surface area contributed by atoms with Crippen molar-refractivity contribution in [3.63, 3.8) is 0 Å². The highest BCUT2D eigenvalue weighted by Gasteiger charge is 2.73. The van der Waals surface area contributed by atoms with Crippen LogP contribution in [0.1, 0.15) is 12.0 Å². The summed E-state index contributed by atoms with van der Waals surface area (Å²) in [6.45, 7) is 0. The van der Waals surface area contributed by atoms with Crippen LogP contribution in [-0.4, -0.2) is 27.7 Å². The van der Waals surface area contributed by atoms with Gasteiger partial charge in [0.15, 0.2) is 0 Å². The predicted octanol–water partition coefficient (Wildman–Crippen LogP) is 1.12. The van der Waals surface area contributed by atoms with Gasteiger partial charge in [-0.15, -0.1) is 0 Å². The van der Waals surface area contributed by atoms with E-state index >= 15 is 0 Å². The van der Waals surface area contributed by atoms with Crippen molar-refractivity contribution in [3.8, 4) is 0 Å². The van der Waals surface area contributed by atoms with Crippen LogP contribution in [0.2, 0.25) is 0 Å². The minimum absolute atomic E-state index is 0.179. The number of halogens is 1. The molecular weight excluding hydrogens is 277 g/mol. The number of hydrogen-bond acceptors (Lipinski definition) is 3. The lowest BCUT2D eigenvalue weighted by atomic mass is 9.78. The van der Waals surface area contributed by atoms with Gasteiger partial charge in [0.25, 0.3) is 0 Å². The van der Waals surface area contributed by atoms with Crippen molar-refractivity contribution in [1.82, 2.24) is 0 Å². The summed E-state index contributed by atoms with van der Waals surface area (Å²) < 4.78 is 13.2. The number of fused-ring (bicyclic) bond motifs is 1. The van der Waals surface area contributed by atoms with Crippen molar-refractivity contribution in [1.29, 1.82) is 0 Å². The third kappa shape index (κ3) is 2.01. The van der Waals surface area contributed by atoms with E-state index in [0.717, 1.165) is 0 Å². The lowest BCUT2D eigenvalue weighted by Gasteiger charge is -2.30. The summed E-state index contributed by atoms with van der Waals surface area (Å²) >= 11 is 0. The zero-order valence-electron chi connectivity index (χ0n) is 11.2. The standard InChI is InChI=1S/C15H16FNO4/c16-9-3-1-2-7(5-9)4-8-6-10-11(13(18)19)12(10)15(8,17)14(20)21/h1-3,5,8,10-12H,4,6,17H2,(H,18,19)(H,20,21). The molecule has 0 aliphatic heterocycles. The van der Waals surface area contributed by atoms with E-state index in [1.54, 1.807) is 12.1 Å². The number of rotatable bonds is 4. The summed E-state index contributed by atoms with van der Waals surface area (Å²) in [6, 6.07) is 5.98. The van der Waals surface area contributed by atoms with Crippen LogP contribution < -0.4 is 5.73 Å². The number of hydrogen-bond donors (Lipinski definition) is 3. The van der Waals surface area contributed by atoms with E-state index in [-0.39, 0.29) is 17.7 Å². The molecule has 2 aliphatic rings.